The Kier molecular flexibility index (Phi) is 24.3. The molecule has 0 atom stereocenters. The molecule has 0 nitrogen and oxygen atoms in total. The first-order valence-electron chi connectivity index (χ1n) is 5.51. The molecule has 14 heavy (non-hydrogen) atoms. The lowest BCUT2D eigenvalue weighted by Gasteiger charge is -1.87. The molecular formula is C13H25F. The zero-order valence-corrected chi connectivity index (χ0v) is 10.7. The number of aryl methyl sites for hydroxylation is 1. The summed E-state index contributed by atoms with van der Waals surface area (Å²) >= 11 is 0. The molecule has 0 N–H and O–H groups in total. The van der Waals surface area contributed by atoms with E-state index >= 15 is 0 Å². The van der Waals surface area contributed by atoms with E-state index < -0.39 is 0 Å². The predicted molar refractivity (Wildman–Crippen MR) is 65.2 cm³/mol. The van der Waals surface area contributed by atoms with Crippen LogP contribution < -0.4 is 0 Å². The zero-order valence-electron chi connectivity index (χ0n) is 10.7. The van der Waals surface area contributed by atoms with Crippen molar-refractivity contribution in [2.24, 2.45) is 0 Å². The van der Waals surface area contributed by atoms with Crippen molar-refractivity contribution in [3.63, 3.8) is 0 Å². The lowest BCUT2D eigenvalue weighted by Crippen LogP contribution is -1.72. The van der Waals surface area contributed by atoms with E-state index in [1.165, 1.54) is 12.1 Å². The fourth-order valence-corrected chi connectivity index (χ4v) is 0.606. The van der Waals surface area contributed by atoms with Gasteiger partial charge in [0.1, 0.15) is 5.82 Å². The number of hydrogen-bond acceptors (Lipinski definition) is 0. The summed E-state index contributed by atoms with van der Waals surface area (Å²) in [5, 5.41) is 0. The van der Waals surface area contributed by atoms with Crippen LogP contribution in [0.3, 0.4) is 0 Å². The summed E-state index contributed by atoms with van der Waals surface area (Å²) in [6.07, 6.45) is 0. The second-order valence-corrected chi connectivity index (χ2v) is 1.80. The number of hydrogen-bond donors (Lipinski definition) is 0. The Balaban J connectivity index is -0.000000174. The minimum Gasteiger partial charge on any atom is -0.207 e. The third-order valence-electron chi connectivity index (χ3n) is 0.980. The average Bonchev–Trinajstić information content (AvgIpc) is 2.26. The van der Waals surface area contributed by atoms with Crippen LogP contribution in [0.2, 0.25) is 0 Å². The first-order valence-corrected chi connectivity index (χ1v) is 5.51. The predicted octanol–water partition coefficient (Wildman–Crippen LogP) is 5.21. The SMILES string of the molecule is CC.CC.CC.Cc1cccc(F)c1. The van der Waals surface area contributed by atoms with Crippen molar-refractivity contribution in [1.82, 2.24) is 0 Å². The van der Waals surface area contributed by atoms with E-state index in [4.69, 9.17) is 0 Å². The minimum atomic E-state index is -0.162. The molecule has 0 aromatic heterocycles. The van der Waals surface area contributed by atoms with Gasteiger partial charge in [0.15, 0.2) is 0 Å². The molecule has 0 radical (unpaired) electrons. The monoisotopic (exact) mass is 200 g/mol. The fourth-order valence-electron chi connectivity index (χ4n) is 0.606. The lowest BCUT2D eigenvalue weighted by atomic mass is 10.2. The van der Waals surface area contributed by atoms with Gasteiger partial charge in [-0.2, -0.15) is 0 Å². The Labute approximate surface area is 89.2 Å². The molecule has 0 spiro atoms. The third-order valence-corrected chi connectivity index (χ3v) is 0.980. The third kappa shape index (κ3) is 13.7. The summed E-state index contributed by atoms with van der Waals surface area (Å²) in [6.45, 7) is 13.9. The minimum absolute atomic E-state index is 0.162. The smallest absolute Gasteiger partial charge is 0.123 e. The molecule has 0 aliphatic heterocycles. The van der Waals surface area contributed by atoms with Crippen molar-refractivity contribution in [2.75, 3.05) is 0 Å². The summed E-state index contributed by atoms with van der Waals surface area (Å²) in [7, 11) is 0. The highest BCUT2D eigenvalue weighted by atomic mass is 19.1. The standard InChI is InChI=1S/C7H7F.3C2H6/c1-6-3-2-4-7(8)5-6;3*1-2/h2-5H,1H3;3*1-2H3. The van der Waals surface area contributed by atoms with Crippen molar-refractivity contribution >= 4 is 0 Å². The van der Waals surface area contributed by atoms with E-state index in [1.54, 1.807) is 6.07 Å². The molecule has 1 heteroatoms. The van der Waals surface area contributed by atoms with Gasteiger partial charge in [-0.15, -0.1) is 0 Å². The van der Waals surface area contributed by atoms with Crippen molar-refractivity contribution in [1.29, 1.82) is 0 Å². The zero-order chi connectivity index (χ0) is 12.0. The van der Waals surface area contributed by atoms with Crippen LogP contribution in [0.4, 0.5) is 4.39 Å². The first kappa shape index (κ1) is 18.8. The summed E-state index contributed by atoms with van der Waals surface area (Å²) in [4.78, 5) is 0. The largest absolute Gasteiger partial charge is 0.207 e. The normalized spacial score (nSPS) is 6.57. The molecular weight excluding hydrogens is 175 g/mol. The Hall–Kier alpha value is -0.850. The number of rotatable bonds is 0. The van der Waals surface area contributed by atoms with Crippen LogP contribution in [-0.4, -0.2) is 0 Å². The molecule has 0 heterocycles. The van der Waals surface area contributed by atoms with Gasteiger partial charge >= 0.3 is 0 Å². The van der Waals surface area contributed by atoms with Gasteiger partial charge in [0, 0.05) is 0 Å². The van der Waals surface area contributed by atoms with Crippen molar-refractivity contribution in [3.05, 3.63) is 35.6 Å². The second kappa shape index (κ2) is 18.0. The van der Waals surface area contributed by atoms with Crippen LogP contribution in [0.25, 0.3) is 0 Å². The summed E-state index contributed by atoms with van der Waals surface area (Å²) in [5.74, 6) is -0.162. The van der Waals surface area contributed by atoms with Gasteiger partial charge < -0.3 is 0 Å². The highest BCUT2D eigenvalue weighted by Crippen LogP contribution is 1.99. The van der Waals surface area contributed by atoms with E-state index in [-0.39, 0.29) is 5.82 Å². The first-order chi connectivity index (χ1) is 6.79. The maximum absolute atomic E-state index is 12.2. The molecule has 0 saturated carbocycles. The van der Waals surface area contributed by atoms with Crippen LogP contribution in [0.1, 0.15) is 47.1 Å². The molecule has 0 unspecified atom stereocenters. The Morgan fingerprint density at radius 2 is 1.29 bits per heavy atom. The molecule has 0 saturated heterocycles. The Morgan fingerprint density at radius 3 is 1.50 bits per heavy atom. The molecule has 1 aromatic carbocycles. The topological polar surface area (TPSA) is 0 Å². The van der Waals surface area contributed by atoms with Gasteiger partial charge in [-0.3, -0.25) is 0 Å². The van der Waals surface area contributed by atoms with E-state index in [0.29, 0.717) is 0 Å². The summed E-state index contributed by atoms with van der Waals surface area (Å²) in [5.41, 5.74) is 0.963. The van der Waals surface area contributed by atoms with Gasteiger partial charge in [0.2, 0.25) is 0 Å². The summed E-state index contributed by atoms with van der Waals surface area (Å²) < 4.78 is 12.2. The van der Waals surface area contributed by atoms with Gasteiger partial charge in [0.05, 0.1) is 0 Å². The molecule has 1 rings (SSSR count). The Bertz CT molecular complexity index is 165. The quantitative estimate of drug-likeness (QED) is 0.539. The van der Waals surface area contributed by atoms with Gasteiger partial charge in [-0.05, 0) is 24.6 Å². The van der Waals surface area contributed by atoms with Crippen molar-refractivity contribution < 1.29 is 4.39 Å². The maximum Gasteiger partial charge on any atom is 0.123 e. The van der Waals surface area contributed by atoms with E-state index in [0.717, 1.165) is 5.56 Å². The van der Waals surface area contributed by atoms with Crippen LogP contribution in [-0.2, 0) is 0 Å². The van der Waals surface area contributed by atoms with Gasteiger partial charge in [-0.25, -0.2) is 4.39 Å². The highest BCUT2D eigenvalue weighted by Gasteiger charge is 1.84. The van der Waals surface area contributed by atoms with Gasteiger partial charge in [-0.1, -0.05) is 53.7 Å². The van der Waals surface area contributed by atoms with Crippen LogP contribution in [0.15, 0.2) is 24.3 Å². The molecule has 1 aromatic rings. The van der Waals surface area contributed by atoms with Crippen molar-refractivity contribution in [3.8, 4) is 0 Å². The fraction of sp³-hybridized carbons (Fsp3) is 0.538. The van der Waals surface area contributed by atoms with E-state index in [2.05, 4.69) is 0 Å². The van der Waals surface area contributed by atoms with Crippen LogP contribution in [0.5, 0.6) is 0 Å². The molecule has 0 amide bonds. The highest BCUT2D eigenvalue weighted by molar-refractivity contribution is 5.13. The number of halogens is 1. The van der Waals surface area contributed by atoms with Crippen molar-refractivity contribution in [2.45, 2.75) is 48.5 Å². The Morgan fingerprint density at radius 1 is 0.857 bits per heavy atom. The average molecular weight is 200 g/mol. The molecule has 84 valence electrons. The molecule has 0 fully saturated rings. The lowest BCUT2D eigenvalue weighted by molar-refractivity contribution is 0.626. The summed E-state index contributed by atoms with van der Waals surface area (Å²) in [6, 6.07) is 6.50. The van der Waals surface area contributed by atoms with Crippen LogP contribution in [0, 0.1) is 12.7 Å². The number of benzene rings is 1. The van der Waals surface area contributed by atoms with Gasteiger partial charge in [0.25, 0.3) is 0 Å². The molecule has 0 aliphatic carbocycles. The van der Waals surface area contributed by atoms with E-state index in [1.807, 2.05) is 54.5 Å². The molecule has 0 bridgehead atoms. The molecule has 0 aliphatic rings. The second-order valence-electron chi connectivity index (χ2n) is 1.80. The maximum atomic E-state index is 12.2. The van der Waals surface area contributed by atoms with Crippen LogP contribution >= 0.6 is 0 Å². The van der Waals surface area contributed by atoms with E-state index in [9.17, 15) is 4.39 Å².